The molecule has 0 saturated heterocycles. The Morgan fingerprint density at radius 2 is 1.87 bits per heavy atom. The molecule has 1 N–H and O–H groups in total. The van der Waals surface area contributed by atoms with Crippen LogP contribution in [0.15, 0.2) is 79.4 Å². The molecule has 0 bridgehead atoms. The van der Waals surface area contributed by atoms with E-state index in [0.717, 1.165) is 70.9 Å². The zero-order valence-corrected chi connectivity index (χ0v) is 22.4. The summed E-state index contributed by atoms with van der Waals surface area (Å²) in [6.07, 6.45) is 5.60. The number of benzene rings is 3. The second-order valence-electron chi connectivity index (χ2n) is 9.41. The van der Waals surface area contributed by atoms with Crippen molar-refractivity contribution in [2.75, 3.05) is 20.3 Å². The molecule has 6 nitrogen and oxygen atoms in total. The lowest BCUT2D eigenvalue weighted by Gasteiger charge is -2.13. The Balaban J connectivity index is 1.30. The van der Waals surface area contributed by atoms with Gasteiger partial charge in [-0.05, 0) is 67.1 Å². The standard InChI is InChI=1S/C32H37N3O3/c1-4-11-25-16-17-29(30(22-25)37-3)38-21-10-9-20-35-28-15-8-7-14-27(28)34-31(35)18-19-33-32(36)23-26-13-6-5-12-24(26)2/h4-8,12-17,22H,1,9-11,18-21,23H2,2-3H3,(H,33,36). The van der Waals surface area contributed by atoms with E-state index in [4.69, 9.17) is 14.5 Å². The molecule has 198 valence electrons. The molecule has 0 radical (unpaired) electrons. The number of rotatable bonds is 14. The summed E-state index contributed by atoms with van der Waals surface area (Å²) >= 11 is 0. The molecular weight excluding hydrogens is 474 g/mol. The molecule has 1 amide bonds. The number of carbonyl (C=O) groups is 1. The number of imidazole rings is 1. The maximum atomic E-state index is 12.5. The SMILES string of the molecule is C=CCc1ccc(OCCCCn2c(CCNC(=O)Cc3ccccc3C)nc3ccccc32)c(OC)c1. The highest BCUT2D eigenvalue weighted by atomic mass is 16.5. The van der Waals surface area contributed by atoms with Gasteiger partial charge in [-0.2, -0.15) is 0 Å². The number of hydrogen-bond donors (Lipinski definition) is 1. The lowest BCUT2D eigenvalue weighted by molar-refractivity contribution is -0.120. The normalized spacial score (nSPS) is 10.9. The van der Waals surface area contributed by atoms with Gasteiger partial charge in [0.05, 0.1) is 31.2 Å². The van der Waals surface area contributed by atoms with Gasteiger partial charge in [-0.25, -0.2) is 4.98 Å². The van der Waals surface area contributed by atoms with Gasteiger partial charge in [-0.1, -0.05) is 48.5 Å². The third-order valence-corrected chi connectivity index (χ3v) is 6.66. The van der Waals surface area contributed by atoms with Crippen LogP contribution in [-0.2, 0) is 30.6 Å². The highest BCUT2D eigenvalue weighted by Crippen LogP contribution is 2.28. The van der Waals surface area contributed by atoms with Crippen molar-refractivity contribution >= 4 is 16.9 Å². The molecule has 0 aliphatic carbocycles. The first kappa shape index (κ1) is 27.0. The van der Waals surface area contributed by atoms with Crippen molar-refractivity contribution in [3.8, 4) is 11.5 Å². The topological polar surface area (TPSA) is 65.4 Å². The Hall–Kier alpha value is -4.06. The highest BCUT2D eigenvalue weighted by Gasteiger charge is 2.12. The number of ether oxygens (including phenoxy) is 2. The Morgan fingerprint density at radius 1 is 1.05 bits per heavy atom. The van der Waals surface area contributed by atoms with Gasteiger partial charge in [0, 0.05) is 19.5 Å². The Bertz CT molecular complexity index is 1380. The predicted molar refractivity (Wildman–Crippen MR) is 153 cm³/mol. The van der Waals surface area contributed by atoms with E-state index < -0.39 is 0 Å². The second kappa shape index (κ2) is 13.5. The molecule has 0 saturated carbocycles. The number of carbonyl (C=O) groups excluding carboxylic acids is 1. The van der Waals surface area contributed by atoms with E-state index in [1.165, 1.54) is 0 Å². The molecular formula is C32H37N3O3. The first-order valence-electron chi connectivity index (χ1n) is 13.2. The number of aryl methyl sites for hydroxylation is 2. The zero-order chi connectivity index (χ0) is 26.7. The maximum Gasteiger partial charge on any atom is 0.224 e. The third kappa shape index (κ3) is 7.03. The first-order valence-corrected chi connectivity index (χ1v) is 13.2. The van der Waals surface area contributed by atoms with E-state index in [2.05, 4.69) is 22.5 Å². The summed E-state index contributed by atoms with van der Waals surface area (Å²) in [7, 11) is 1.66. The number of hydrogen-bond acceptors (Lipinski definition) is 4. The number of fused-ring (bicyclic) bond motifs is 1. The van der Waals surface area contributed by atoms with Gasteiger partial charge in [-0.15, -0.1) is 6.58 Å². The monoisotopic (exact) mass is 511 g/mol. The van der Waals surface area contributed by atoms with Crippen LogP contribution in [0.3, 0.4) is 0 Å². The number of methoxy groups -OCH3 is 1. The summed E-state index contributed by atoms with van der Waals surface area (Å²) in [6.45, 7) is 7.83. The summed E-state index contributed by atoms with van der Waals surface area (Å²) in [4.78, 5) is 17.4. The molecule has 0 aliphatic heterocycles. The Morgan fingerprint density at radius 3 is 2.68 bits per heavy atom. The minimum absolute atomic E-state index is 0.0343. The third-order valence-electron chi connectivity index (χ3n) is 6.66. The van der Waals surface area contributed by atoms with Gasteiger partial charge in [-0.3, -0.25) is 4.79 Å². The first-order chi connectivity index (χ1) is 18.6. The number of nitrogens with one attached hydrogen (secondary N) is 1. The van der Waals surface area contributed by atoms with Crippen molar-refractivity contribution in [3.05, 3.63) is 102 Å². The quantitative estimate of drug-likeness (QED) is 0.171. The van der Waals surface area contributed by atoms with Gasteiger partial charge < -0.3 is 19.4 Å². The predicted octanol–water partition coefficient (Wildman–Crippen LogP) is 5.84. The van der Waals surface area contributed by atoms with Crippen molar-refractivity contribution in [3.63, 3.8) is 0 Å². The lowest BCUT2D eigenvalue weighted by atomic mass is 10.1. The number of para-hydroxylation sites is 2. The molecule has 0 unspecified atom stereocenters. The molecule has 4 aromatic rings. The lowest BCUT2D eigenvalue weighted by Crippen LogP contribution is -2.28. The molecule has 3 aromatic carbocycles. The molecule has 0 fully saturated rings. The number of allylic oxidation sites excluding steroid dienone is 1. The van der Waals surface area contributed by atoms with Gasteiger partial charge in [0.2, 0.25) is 5.91 Å². The summed E-state index contributed by atoms with van der Waals surface area (Å²) in [5.74, 6) is 2.53. The van der Waals surface area contributed by atoms with Crippen LogP contribution in [0.2, 0.25) is 0 Å². The van der Waals surface area contributed by atoms with Crippen LogP contribution in [0, 0.1) is 6.92 Å². The van der Waals surface area contributed by atoms with Crippen LogP contribution in [0.4, 0.5) is 0 Å². The van der Waals surface area contributed by atoms with Crippen LogP contribution < -0.4 is 14.8 Å². The van der Waals surface area contributed by atoms with Crippen LogP contribution in [-0.4, -0.2) is 35.7 Å². The number of amides is 1. The van der Waals surface area contributed by atoms with Crippen molar-refractivity contribution in [1.82, 2.24) is 14.9 Å². The minimum atomic E-state index is 0.0343. The van der Waals surface area contributed by atoms with E-state index in [-0.39, 0.29) is 5.91 Å². The Kier molecular flexibility index (Phi) is 9.57. The van der Waals surface area contributed by atoms with Crippen LogP contribution in [0.25, 0.3) is 11.0 Å². The number of aromatic nitrogens is 2. The number of nitrogens with zero attached hydrogens (tertiary/aromatic N) is 2. The van der Waals surface area contributed by atoms with Gasteiger partial charge in [0.25, 0.3) is 0 Å². The van der Waals surface area contributed by atoms with Crippen molar-refractivity contribution in [1.29, 1.82) is 0 Å². The molecule has 4 rings (SSSR count). The fourth-order valence-electron chi connectivity index (χ4n) is 4.60. The summed E-state index contributed by atoms with van der Waals surface area (Å²) in [6, 6.07) is 22.2. The van der Waals surface area contributed by atoms with Gasteiger partial charge in [0.15, 0.2) is 11.5 Å². The van der Waals surface area contributed by atoms with E-state index in [9.17, 15) is 4.79 Å². The van der Waals surface area contributed by atoms with E-state index in [1.54, 1.807) is 7.11 Å². The average Bonchev–Trinajstić information content (AvgIpc) is 3.27. The van der Waals surface area contributed by atoms with Crippen molar-refractivity contribution < 1.29 is 14.3 Å². The van der Waals surface area contributed by atoms with Crippen LogP contribution >= 0.6 is 0 Å². The van der Waals surface area contributed by atoms with Gasteiger partial charge in [0.1, 0.15) is 5.82 Å². The Labute approximate surface area is 225 Å². The fraction of sp³-hybridized carbons (Fsp3) is 0.312. The van der Waals surface area contributed by atoms with Crippen LogP contribution in [0.1, 0.15) is 35.4 Å². The van der Waals surface area contributed by atoms with E-state index in [1.807, 2.05) is 73.7 Å². The fourth-order valence-corrected chi connectivity index (χ4v) is 4.60. The zero-order valence-electron chi connectivity index (χ0n) is 22.4. The smallest absolute Gasteiger partial charge is 0.224 e. The van der Waals surface area contributed by atoms with Crippen molar-refractivity contribution in [2.24, 2.45) is 0 Å². The summed E-state index contributed by atoms with van der Waals surface area (Å²) in [5.41, 5.74) is 5.44. The summed E-state index contributed by atoms with van der Waals surface area (Å²) < 4.78 is 13.8. The highest BCUT2D eigenvalue weighted by molar-refractivity contribution is 5.79. The van der Waals surface area contributed by atoms with Crippen LogP contribution in [0.5, 0.6) is 11.5 Å². The van der Waals surface area contributed by atoms with E-state index >= 15 is 0 Å². The van der Waals surface area contributed by atoms with Crippen molar-refractivity contribution in [2.45, 2.75) is 45.6 Å². The molecule has 1 heterocycles. The largest absolute Gasteiger partial charge is 0.493 e. The molecule has 38 heavy (non-hydrogen) atoms. The molecule has 0 atom stereocenters. The molecule has 6 heteroatoms. The maximum absolute atomic E-state index is 12.5. The van der Waals surface area contributed by atoms with Gasteiger partial charge >= 0.3 is 0 Å². The molecule has 0 aliphatic rings. The molecule has 0 spiro atoms. The molecule has 1 aromatic heterocycles. The second-order valence-corrected chi connectivity index (χ2v) is 9.41. The number of unbranched alkanes of at least 4 members (excludes halogenated alkanes) is 1. The summed E-state index contributed by atoms with van der Waals surface area (Å²) in [5, 5.41) is 3.07. The minimum Gasteiger partial charge on any atom is -0.493 e. The average molecular weight is 512 g/mol. The van der Waals surface area contributed by atoms with E-state index in [0.29, 0.717) is 26.0 Å².